The number of aromatic nitrogens is 2. The average molecular weight is 297 g/mol. The molecule has 0 radical (unpaired) electrons. The molecule has 0 fully saturated rings. The summed E-state index contributed by atoms with van der Waals surface area (Å²) in [4.78, 5) is 13.6. The highest BCUT2D eigenvalue weighted by atomic mass is 79.9. The van der Waals surface area contributed by atoms with Gasteiger partial charge in [-0.3, -0.25) is 9.78 Å². The van der Waals surface area contributed by atoms with Crippen LogP contribution in [0.3, 0.4) is 0 Å². The monoisotopic (exact) mass is 296 g/mol. The van der Waals surface area contributed by atoms with Crippen molar-refractivity contribution in [2.45, 2.75) is 6.54 Å². The lowest BCUT2D eigenvalue weighted by molar-refractivity contribution is 0.743. The molecule has 3 nitrogen and oxygen atoms in total. The second-order valence-corrected chi connectivity index (χ2v) is 4.57. The lowest BCUT2D eigenvalue weighted by Crippen LogP contribution is -2.11. The van der Waals surface area contributed by atoms with E-state index in [1.54, 1.807) is 6.20 Å². The summed E-state index contributed by atoms with van der Waals surface area (Å²) in [6, 6.07) is 9.38. The molecule has 0 atom stereocenters. The quantitative estimate of drug-likeness (QED) is 0.866. The van der Waals surface area contributed by atoms with E-state index in [2.05, 4.69) is 20.9 Å². The number of hydrogen-bond acceptors (Lipinski definition) is 2. The van der Waals surface area contributed by atoms with Crippen molar-refractivity contribution in [1.82, 2.24) is 9.55 Å². The highest BCUT2D eigenvalue weighted by Gasteiger charge is 2.00. The first-order valence-electron chi connectivity index (χ1n) is 4.70. The minimum atomic E-state index is -0.173. The van der Waals surface area contributed by atoms with Crippen molar-refractivity contribution in [3.63, 3.8) is 0 Å². The second kappa shape index (κ2) is 4.76. The van der Waals surface area contributed by atoms with Gasteiger partial charge in [0, 0.05) is 16.7 Å². The number of aromatic amines is 1. The van der Waals surface area contributed by atoms with Crippen LogP contribution in [0.1, 0.15) is 5.56 Å². The molecule has 0 aliphatic carbocycles. The van der Waals surface area contributed by atoms with Gasteiger partial charge in [0.2, 0.25) is 0 Å². The molecule has 1 N–H and O–H groups in total. The molecule has 1 aromatic carbocycles. The fraction of sp³-hybridized carbons (Fsp3) is 0.0909. The van der Waals surface area contributed by atoms with E-state index in [1.165, 1.54) is 6.07 Å². The van der Waals surface area contributed by atoms with Gasteiger partial charge in [0.15, 0.2) is 4.77 Å². The van der Waals surface area contributed by atoms with Crippen molar-refractivity contribution in [3.05, 3.63) is 61.7 Å². The average Bonchev–Trinajstić information content (AvgIpc) is 2.25. The van der Waals surface area contributed by atoms with Gasteiger partial charge in [0.25, 0.3) is 5.56 Å². The van der Waals surface area contributed by atoms with Gasteiger partial charge < -0.3 is 4.57 Å². The topological polar surface area (TPSA) is 37.8 Å². The van der Waals surface area contributed by atoms with E-state index < -0.39 is 0 Å². The maximum atomic E-state index is 11.0. The molecular formula is C11H9BrN2OS. The van der Waals surface area contributed by atoms with Crippen molar-refractivity contribution >= 4 is 28.1 Å². The molecule has 0 aliphatic rings. The summed E-state index contributed by atoms with van der Waals surface area (Å²) in [6.45, 7) is 0.636. The molecule has 0 spiro atoms. The van der Waals surface area contributed by atoms with Crippen LogP contribution in [0.25, 0.3) is 0 Å². The fourth-order valence-electron chi connectivity index (χ4n) is 1.38. The van der Waals surface area contributed by atoms with Crippen LogP contribution in [0.2, 0.25) is 0 Å². The molecule has 1 aromatic heterocycles. The van der Waals surface area contributed by atoms with Gasteiger partial charge in [0.05, 0.1) is 6.54 Å². The zero-order valence-electron chi connectivity index (χ0n) is 8.31. The van der Waals surface area contributed by atoms with Crippen LogP contribution in [-0.4, -0.2) is 9.55 Å². The molecule has 0 unspecified atom stereocenters. The van der Waals surface area contributed by atoms with Gasteiger partial charge >= 0.3 is 0 Å². The van der Waals surface area contributed by atoms with Gasteiger partial charge in [0.1, 0.15) is 0 Å². The highest BCUT2D eigenvalue weighted by molar-refractivity contribution is 9.10. The van der Waals surface area contributed by atoms with Crippen LogP contribution in [0.5, 0.6) is 0 Å². The molecule has 5 heteroatoms. The number of hydrogen-bond donors (Lipinski definition) is 1. The molecule has 0 amide bonds. The third kappa shape index (κ3) is 2.48. The summed E-state index contributed by atoms with van der Waals surface area (Å²) in [6.07, 6.45) is 1.70. The van der Waals surface area contributed by atoms with E-state index in [9.17, 15) is 4.79 Å². The molecule has 0 aliphatic heterocycles. The Morgan fingerprint density at radius 2 is 2.06 bits per heavy atom. The minimum Gasteiger partial charge on any atom is -0.321 e. The third-order valence-electron chi connectivity index (χ3n) is 2.20. The molecule has 2 aromatic rings. The first-order valence-corrected chi connectivity index (χ1v) is 5.90. The Morgan fingerprint density at radius 1 is 1.31 bits per heavy atom. The number of rotatable bonds is 2. The van der Waals surface area contributed by atoms with E-state index in [-0.39, 0.29) is 5.56 Å². The number of nitrogens with zero attached hydrogens (tertiary/aromatic N) is 1. The van der Waals surface area contributed by atoms with E-state index in [1.807, 2.05) is 28.8 Å². The van der Waals surface area contributed by atoms with Crippen LogP contribution < -0.4 is 5.56 Å². The van der Waals surface area contributed by atoms with Gasteiger partial charge in [-0.25, -0.2) is 0 Å². The lowest BCUT2D eigenvalue weighted by Gasteiger charge is -2.07. The molecule has 0 bridgehead atoms. The first kappa shape index (κ1) is 11.3. The van der Waals surface area contributed by atoms with E-state index in [0.29, 0.717) is 11.3 Å². The Labute approximate surface area is 106 Å². The van der Waals surface area contributed by atoms with Gasteiger partial charge in [-0.05, 0) is 23.8 Å². The minimum absolute atomic E-state index is 0.173. The van der Waals surface area contributed by atoms with E-state index in [0.717, 1.165) is 10.0 Å². The number of benzene rings is 1. The van der Waals surface area contributed by atoms with Crippen molar-refractivity contribution in [1.29, 1.82) is 0 Å². The second-order valence-electron chi connectivity index (χ2n) is 3.33. The molecule has 1 heterocycles. The third-order valence-corrected chi connectivity index (χ3v) is 3.31. The Hall–Kier alpha value is -1.20. The number of H-pyrrole nitrogens is 1. The summed E-state index contributed by atoms with van der Waals surface area (Å²) < 4.78 is 3.28. The Balaban J connectivity index is 2.38. The van der Waals surface area contributed by atoms with Gasteiger partial charge in [-0.1, -0.05) is 34.1 Å². The zero-order chi connectivity index (χ0) is 11.5. The predicted octanol–water partition coefficient (Wildman–Crippen LogP) is 2.72. The summed E-state index contributed by atoms with van der Waals surface area (Å²) in [5.74, 6) is 0. The highest BCUT2D eigenvalue weighted by Crippen LogP contribution is 2.16. The van der Waals surface area contributed by atoms with E-state index in [4.69, 9.17) is 12.2 Å². The van der Waals surface area contributed by atoms with Gasteiger partial charge in [-0.2, -0.15) is 0 Å². The maximum absolute atomic E-state index is 11.0. The Morgan fingerprint density at radius 3 is 2.75 bits per heavy atom. The van der Waals surface area contributed by atoms with Crippen LogP contribution >= 0.6 is 28.1 Å². The SMILES string of the molecule is O=c1ccn(Cc2ccccc2Br)c(=S)[nH]1. The van der Waals surface area contributed by atoms with Crippen molar-refractivity contribution in [2.24, 2.45) is 0 Å². The van der Waals surface area contributed by atoms with Crippen molar-refractivity contribution < 1.29 is 0 Å². The van der Waals surface area contributed by atoms with Crippen LogP contribution in [0.4, 0.5) is 0 Å². The number of nitrogens with one attached hydrogen (secondary N) is 1. The standard InChI is InChI=1S/C11H9BrN2OS/c12-9-4-2-1-3-8(9)7-14-6-5-10(15)13-11(14)16/h1-6H,7H2,(H,13,15,16). The smallest absolute Gasteiger partial charge is 0.251 e. The molecular weight excluding hydrogens is 288 g/mol. The summed E-state index contributed by atoms with van der Waals surface area (Å²) in [5.41, 5.74) is 0.944. The van der Waals surface area contributed by atoms with Crippen LogP contribution in [0, 0.1) is 4.77 Å². The Bertz CT molecular complexity index is 618. The first-order chi connectivity index (χ1) is 7.66. The normalized spacial score (nSPS) is 10.3. The molecule has 82 valence electrons. The molecule has 16 heavy (non-hydrogen) atoms. The van der Waals surface area contributed by atoms with Crippen LogP contribution in [-0.2, 0) is 6.54 Å². The zero-order valence-corrected chi connectivity index (χ0v) is 10.7. The molecule has 0 saturated carbocycles. The number of halogens is 1. The largest absolute Gasteiger partial charge is 0.321 e. The molecule has 2 rings (SSSR count). The lowest BCUT2D eigenvalue weighted by atomic mass is 10.2. The van der Waals surface area contributed by atoms with Crippen molar-refractivity contribution in [2.75, 3.05) is 0 Å². The predicted molar refractivity (Wildman–Crippen MR) is 69.1 cm³/mol. The summed E-state index contributed by atoms with van der Waals surface area (Å²) in [5, 5.41) is 0. The summed E-state index contributed by atoms with van der Waals surface area (Å²) >= 11 is 8.55. The fourth-order valence-corrected chi connectivity index (χ4v) is 2.02. The summed E-state index contributed by atoms with van der Waals surface area (Å²) in [7, 11) is 0. The van der Waals surface area contributed by atoms with Gasteiger partial charge in [-0.15, -0.1) is 0 Å². The molecule has 0 saturated heterocycles. The van der Waals surface area contributed by atoms with E-state index >= 15 is 0 Å². The Kier molecular flexibility index (Phi) is 3.36. The van der Waals surface area contributed by atoms with Crippen molar-refractivity contribution in [3.8, 4) is 0 Å². The maximum Gasteiger partial charge on any atom is 0.251 e. The van der Waals surface area contributed by atoms with Crippen LogP contribution in [0.15, 0.2) is 45.8 Å².